The number of aromatic hydroxyl groups is 1. The van der Waals surface area contributed by atoms with Crippen LogP contribution in [0.1, 0.15) is 15.2 Å². The van der Waals surface area contributed by atoms with Gasteiger partial charge in [0.2, 0.25) is 0 Å². The smallest absolute Gasteiger partial charge is 0.339 e. The third kappa shape index (κ3) is 3.96. The Morgan fingerprint density at radius 2 is 2.10 bits per heavy atom. The van der Waals surface area contributed by atoms with Crippen molar-refractivity contribution < 1.29 is 19.8 Å². The Balaban J connectivity index is 1.99. The molecule has 2 rings (SSSR count). The number of aromatic carboxylic acids is 1. The van der Waals surface area contributed by atoms with Crippen molar-refractivity contribution in [2.75, 3.05) is 5.32 Å². The third-order valence-electron chi connectivity index (χ3n) is 2.56. The zero-order chi connectivity index (χ0) is 15.4. The van der Waals surface area contributed by atoms with Gasteiger partial charge in [0.25, 0.3) is 0 Å². The van der Waals surface area contributed by atoms with Crippen LogP contribution in [0.25, 0.3) is 0 Å². The van der Waals surface area contributed by atoms with Crippen molar-refractivity contribution in [3.63, 3.8) is 0 Å². The number of hydrogen-bond acceptors (Lipinski definition) is 4. The van der Waals surface area contributed by atoms with Gasteiger partial charge < -0.3 is 20.8 Å². The van der Waals surface area contributed by atoms with Gasteiger partial charge in [0.15, 0.2) is 5.75 Å². The molecule has 0 aliphatic heterocycles. The number of thiophene rings is 1. The summed E-state index contributed by atoms with van der Waals surface area (Å²) in [5.41, 5.74) is -0.227. The van der Waals surface area contributed by atoms with Gasteiger partial charge in [-0.25, -0.2) is 9.59 Å². The lowest BCUT2D eigenvalue weighted by atomic mass is 10.2. The molecule has 4 N–H and O–H groups in total. The molecule has 0 bridgehead atoms. The van der Waals surface area contributed by atoms with E-state index in [0.717, 1.165) is 9.35 Å². The number of urea groups is 1. The second-order valence-corrected chi connectivity index (χ2v) is 5.96. The number of amides is 2. The minimum atomic E-state index is -1.26. The molecule has 6 nitrogen and oxygen atoms in total. The zero-order valence-corrected chi connectivity index (χ0v) is 13.0. The Kier molecular flexibility index (Phi) is 4.81. The number of hydrogen-bond donors (Lipinski definition) is 4. The fourth-order valence-electron chi connectivity index (χ4n) is 1.60. The van der Waals surface area contributed by atoms with Crippen LogP contribution in [0.5, 0.6) is 5.75 Å². The molecule has 1 aromatic carbocycles. The largest absolute Gasteiger partial charge is 0.505 e. The summed E-state index contributed by atoms with van der Waals surface area (Å²) in [5, 5.41) is 25.6. The standard InChI is InChI=1S/C13H11BrN2O4S/c14-7-4-8(21-6-7)5-15-13(20)16-10-3-1-2-9(11(10)17)12(18)19/h1-4,6,17H,5H2,(H,18,19)(H2,15,16,20). The topological polar surface area (TPSA) is 98.7 Å². The van der Waals surface area contributed by atoms with E-state index in [0.29, 0.717) is 6.54 Å². The number of para-hydroxylation sites is 1. The SMILES string of the molecule is O=C(NCc1cc(Br)cs1)Nc1cccc(C(=O)O)c1O. The molecule has 2 amide bonds. The number of halogens is 1. The molecule has 2 aromatic rings. The van der Waals surface area contributed by atoms with Gasteiger partial charge in [-0.2, -0.15) is 0 Å². The molecule has 0 atom stereocenters. The lowest BCUT2D eigenvalue weighted by Crippen LogP contribution is -2.28. The number of carbonyl (C=O) groups excluding carboxylic acids is 1. The Hall–Kier alpha value is -2.06. The molecule has 21 heavy (non-hydrogen) atoms. The van der Waals surface area contributed by atoms with Crippen molar-refractivity contribution in [1.29, 1.82) is 0 Å². The first-order valence-corrected chi connectivity index (χ1v) is 7.47. The van der Waals surface area contributed by atoms with Crippen LogP contribution in [0.15, 0.2) is 34.1 Å². The molecule has 0 fully saturated rings. The monoisotopic (exact) mass is 370 g/mol. The number of carboxylic acid groups (broad SMARTS) is 1. The van der Waals surface area contributed by atoms with Crippen LogP contribution in [-0.4, -0.2) is 22.2 Å². The number of rotatable bonds is 4. The number of anilines is 1. The Labute approximate surface area is 132 Å². The minimum absolute atomic E-state index is 0.0414. The second kappa shape index (κ2) is 6.59. The van der Waals surface area contributed by atoms with Gasteiger partial charge >= 0.3 is 12.0 Å². The normalized spacial score (nSPS) is 10.1. The highest BCUT2D eigenvalue weighted by molar-refractivity contribution is 9.10. The van der Waals surface area contributed by atoms with E-state index < -0.39 is 17.7 Å². The summed E-state index contributed by atoms with van der Waals surface area (Å²) >= 11 is 4.81. The lowest BCUT2D eigenvalue weighted by molar-refractivity contribution is 0.0694. The maximum atomic E-state index is 11.7. The molecule has 1 heterocycles. The van der Waals surface area contributed by atoms with Gasteiger partial charge in [-0.15, -0.1) is 11.3 Å². The average Bonchev–Trinajstić information content (AvgIpc) is 2.84. The minimum Gasteiger partial charge on any atom is -0.505 e. The van der Waals surface area contributed by atoms with E-state index in [2.05, 4.69) is 26.6 Å². The van der Waals surface area contributed by atoms with Gasteiger partial charge in [0.05, 0.1) is 12.2 Å². The molecule has 0 radical (unpaired) electrons. The van der Waals surface area contributed by atoms with Crippen LogP contribution in [0.3, 0.4) is 0 Å². The van der Waals surface area contributed by atoms with E-state index in [-0.39, 0.29) is 11.3 Å². The predicted octanol–water partition coefficient (Wildman–Crippen LogP) is 3.24. The number of phenols is 1. The molecule has 0 saturated heterocycles. The van der Waals surface area contributed by atoms with Gasteiger partial charge in [-0.3, -0.25) is 0 Å². The molecule has 0 saturated carbocycles. The Bertz CT molecular complexity index is 687. The molecule has 1 aromatic heterocycles. The van der Waals surface area contributed by atoms with Crippen LogP contribution in [0, 0.1) is 0 Å². The number of carbonyl (C=O) groups is 2. The predicted molar refractivity (Wildman–Crippen MR) is 82.9 cm³/mol. The first kappa shape index (κ1) is 15.3. The Morgan fingerprint density at radius 1 is 1.33 bits per heavy atom. The summed E-state index contributed by atoms with van der Waals surface area (Å²) in [6.07, 6.45) is 0. The van der Waals surface area contributed by atoms with Crippen LogP contribution in [0.4, 0.5) is 10.5 Å². The first-order valence-electron chi connectivity index (χ1n) is 5.80. The third-order valence-corrected chi connectivity index (χ3v) is 4.26. The average molecular weight is 371 g/mol. The van der Waals surface area contributed by atoms with Crippen molar-refractivity contribution in [2.24, 2.45) is 0 Å². The molecule has 0 spiro atoms. The van der Waals surface area contributed by atoms with Gasteiger partial charge in [0.1, 0.15) is 5.56 Å². The zero-order valence-electron chi connectivity index (χ0n) is 10.6. The number of carboxylic acids is 1. The van der Waals surface area contributed by atoms with Gasteiger partial charge in [-0.05, 0) is 34.1 Å². The molecule has 0 aliphatic rings. The van der Waals surface area contributed by atoms with E-state index in [1.807, 2.05) is 11.4 Å². The maximum Gasteiger partial charge on any atom is 0.339 e. The van der Waals surface area contributed by atoms with Gasteiger partial charge in [-0.1, -0.05) is 6.07 Å². The van der Waals surface area contributed by atoms with Crippen LogP contribution in [0.2, 0.25) is 0 Å². The van der Waals surface area contributed by atoms with E-state index in [9.17, 15) is 14.7 Å². The van der Waals surface area contributed by atoms with E-state index >= 15 is 0 Å². The number of benzene rings is 1. The summed E-state index contributed by atoms with van der Waals surface area (Å²) in [4.78, 5) is 23.6. The highest BCUT2D eigenvalue weighted by Gasteiger charge is 2.14. The second-order valence-electron chi connectivity index (χ2n) is 4.05. The highest BCUT2D eigenvalue weighted by Crippen LogP contribution is 2.27. The molecule has 0 aliphatic carbocycles. The molecule has 8 heteroatoms. The van der Waals surface area contributed by atoms with E-state index in [1.54, 1.807) is 0 Å². The summed E-state index contributed by atoms with van der Waals surface area (Å²) in [5.74, 6) is -1.74. The summed E-state index contributed by atoms with van der Waals surface area (Å²) in [6, 6.07) is 5.47. The highest BCUT2D eigenvalue weighted by atomic mass is 79.9. The summed E-state index contributed by atoms with van der Waals surface area (Å²) in [6.45, 7) is 0.335. The van der Waals surface area contributed by atoms with Crippen molar-refractivity contribution in [1.82, 2.24) is 5.32 Å². The lowest BCUT2D eigenvalue weighted by Gasteiger charge is -2.09. The maximum absolute atomic E-state index is 11.7. The number of nitrogens with one attached hydrogen (secondary N) is 2. The molecular formula is C13H11BrN2O4S. The van der Waals surface area contributed by atoms with E-state index in [4.69, 9.17) is 5.11 Å². The van der Waals surface area contributed by atoms with Gasteiger partial charge in [0, 0.05) is 14.7 Å². The quantitative estimate of drug-likeness (QED) is 0.620. The fraction of sp³-hybridized carbons (Fsp3) is 0.0769. The van der Waals surface area contributed by atoms with Crippen molar-refractivity contribution >= 4 is 45.0 Å². The first-order chi connectivity index (χ1) is 9.97. The van der Waals surface area contributed by atoms with Crippen molar-refractivity contribution in [2.45, 2.75) is 6.54 Å². The van der Waals surface area contributed by atoms with E-state index in [1.165, 1.54) is 29.5 Å². The summed E-state index contributed by atoms with van der Waals surface area (Å²) in [7, 11) is 0. The Morgan fingerprint density at radius 3 is 2.71 bits per heavy atom. The van der Waals surface area contributed by atoms with Crippen molar-refractivity contribution in [3.05, 3.63) is 44.6 Å². The fourth-order valence-corrected chi connectivity index (χ4v) is 2.99. The van der Waals surface area contributed by atoms with Crippen LogP contribution in [-0.2, 0) is 6.54 Å². The van der Waals surface area contributed by atoms with Crippen LogP contribution < -0.4 is 10.6 Å². The molecule has 0 unspecified atom stereocenters. The van der Waals surface area contributed by atoms with Crippen molar-refractivity contribution in [3.8, 4) is 5.75 Å². The van der Waals surface area contributed by atoms with Crippen LogP contribution >= 0.6 is 27.3 Å². The molecule has 110 valence electrons. The summed E-state index contributed by atoms with van der Waals surface area (Å²) < 4.78 is 0.941. The molecular weight excluding hydrogens is 360 g/mol.